The number of amides is 4. The maximum atomic E-state index is 13.2. The number of benzene rings is 1. The molecule has 2 aromatic rings. The van der Waals surface area contributed by atoms with Crippen molar-refractivity contribution >= 4 is 44.2 Å². The summed E-state index contributed by atoms with van der Waals surface area (Å²) in [5.74, 6) is -0.474. The number of rotatable bonds is 5. The molecule has 3 heterocycles. The van der Waals surface area contributed by atoms with Crippen molar-refractivity contribution in [3.05, 3.63) is 45.8 Å². The van der Waals surface area contributed by atoms with E-state index in [1.165, 1.54) is 47.0 Å². The number of imide groups is 1. The minimum Gasteiger partial charge on any atom is -0.341 e. The minimum atomic E-state index is -3.66. The van der Waals surface area contributed by atoms with Gasteiger partial charge in [-0.1, -0.05) is 13.8 Å². The van der Waals surface area contributed by atoms with Gasteiger partial charge in [-0.15, -0.1) is 11.3 Å². The van der Waals surface area contributed by atoms with E-state index in [2.05, 4.69) is 34.7 Å². The van der Waals surface area contributed by atoms with Gasteiger partial charge < -0.3 is 15.5 Å². The highest BCUT2D eigenvalue weighted by Crippen LogP contribution is 2.37. The zero-order valence-corrected chi connectivity index (χ0v) is 23.1. The van der Waals surface area contributed by atoms with Gasteiger partial charge >= 0.3 is 6.03 Å². The summed E-state index contributed by atoms with van der Waals surface area (Å²) in [5.41, 5.74) is 1.38. The third-order valence-electron chi connectivity index (χ3n) is 6.75. The molecule has 2 aliphatic rings. The van der Waals surface area contributed by atoms with Gasteiger partial charge in [0, 0.05) is 43.7 Å². The zero-order chi connectivity index (χ0) is 26.9. The summed E-state index contributed by atoms with van der Waals surface area (Å²) in [7, 11) is -0.266. The Labute approximate surface area is 221 Å². The fourth-order valence-corrected chi connectivity index (χ4v) is 7.99. The third-order valence-corrected chi connectivity index (χ3v) is 9.72. The van der Waals surface area contributed by atoms with E-state index < -0.39 is 27.9 Å². The van der Waals surface area contributed by atoms with Gasteiger partial charge in [0.25, 0.3) is 11.8 Å². The van der Waals surface area contributed by atoms with Crippen LogP contribution in [0.2, 0.25) is 0 Å². The van der Waals surface area contributed by atoms with Crippen molar-refractivity contribution in [1.29, 1.82) is 0 Å². The average molecular weight is 548 g/mol. The Bertz CT molecular complexity index is 1300. The van der Waals surface area contributed by atoms with Crippen LogP contribution in [-0.4, -0.2) is 69.2 Å². The average Bonchev–Trinajstić information content (AvgIpc) is 3.20. The number of hydrogen-bond donors (Lipinski definition) is 3. The van der Waals surface area contributed by atoms with Crippen LogP contribution < -0.4 is 16.0 Å². The molecule has 0 radical (unpaired) electrons. The molecule has 12 heteroatoms. The number of nitrogens with one attached hydrogen (secondary N) is 3. The number of anilines is 1. The number of piperidine rings is 1. The first-order chi connectivity index (χ1) is 17.5. The van der Waals surface area contributed by atoms with Gasteiger partial charge in [0.1, 0.15) is 5.00 Å². The summed E-state index contributed by atoms with van der Waals surface area (Å²) < 4.78 is 27.9. The van der Waals surface area contributed by atoms with Crippen LogP contribution in [-0.2, 0) is 23.0 Å². The molecule has 2 aliphatic heterocycles. The van der Waals surface area contributed by atoms with Gasteiger partial charge in [-0.2, -0.15) is 4.31 Å². The Kier molecular flexibility index (Phi) is 8.02. The monoisotopic (exact) mass is 547 g/mol. The zero-order valence-electron chi connectivity index (χ0n) is 21.5. The lowest BCUT2D eigenvalue weighted by Crippen LogP contribution is -2.42. The second-order valence-corrected chi connectivity index (χ2v) is 13.0. The summed E-state index contributed by atoms with van der Waals surface area (Å²) in [6.07, 6.45) is 1.62. The second kappa shape index (κ2) is 10.9. The molecule has 1 aromatic heterocycles. The molecule has 1 aromatic carbocycles. The number of carbonyl (C=O) groups excluding carboxylic acids is 3. The molecule has 200 valence electrons. The van der Waals surface area contributed by atoms with Crippen LogP contribution in [0.1, 0.15) is 51.4 Å². The lowest BCUT2D eigenvalue weighted by Gasteiger charge is -2.34. The lowest BCUT2D eigenvalue weighted by atomic mass is 9.94. The number of sulfonamides is 1. The predicted molar refractivity (Wildman–Crippen MR) is 142 cm³/mol. The topological polar surface area (TPSA) is 128 Å². The molecule has 1 saturated heterocycles. The summed E-state index contributed by atoms with van der Waals surface area (Å²) >= 11 is 1.31. The van der Waals surface area contributed by atoms with E-state index in [-0.39, 0.29) is 27.9 Å². The summed E-state index contributed by atoms with van der Waals surface area (Å²) in [6.45, 7) is 6.45. The minimum absolute atomic E-state index is 0.144. The SMILES string of the molecule is CNC(=O)NC(=O)c1c(NC(=O)c2ccc(S(=O)(=O)N3CC(C)CC(C)C3)cc2)sc2c1CCN(C)C2. The molecule has 1 fully saturated rings. The Morgan fingerprint density at radius 2 is 1.68 bits per heavy atom. The van der Waals surface area contributed by atoms with Gasteiger partial charge in [0.05, 0.1) is 10.5 Å². The molecule has 2 atom stereocenters. The highest BCUT2D eigenvalue weighted by atomic mass is 32.2. The molecule has 0 saturated carbocycles. The second-order valence-electron chi connectivity index (χ2n) is 9.98. The van der Waals surface area contributed by atoms with E-state index in [1.54, 1.807) is 0 Å². The van der Waals surface area contributed by atoms with Crippen LogP contribution in [0.5, 0.6) is 0 Å². The van der Waals surface area contributed by atoms with E-state index in [9.17, 15) is 22.8 Å². The van der Waals surface area contributed by atoms with Gasteiger partial charge in [-0.25, -0.2) is 13.2 Å². The van der Waals surface area contributed by atoms with Crippen LogP contribution in [0, 0.1) is 11.8 Å². The fraction of sp³-hybridized carbons (Fsp3) is 0.480. The van der Waals surface area contributed by atoms with E-state index in [1.807, 2.05) is 7.05 Å². The van der Waals surface area contributed by atoms with E-state index in [4.69, 9.17) is 0 Å². The predicted octanol–water partition coefficient (Wildman–Crippen LogP) is 2.72. The van der Waals surface area contributed by atoms with E-state index in [0.29, 0.717) is 31.1 Å². The van der Waals surface area contributed by atoms with Crippen molar-refractivity contribution in [3.8, 4) is 0 Å². The molecule has 0 spiro atoms. The fourth-order valence-electron chi connectivity index (χ4n) is 4.99. The number of fused-ring (bicyclic) bond motifs is 1. The molecule has 10 nitrogen and oxygen atoms in total. The van der Waals surface area contributed by atoms with Crippen molar-refractivity contribution in [2.45, 2.75) is 38.1 Å². The van der Waals surface area contributed by atoms with Gasteiger partial charge in [0.2, 0.25) is 10.0 Å². The van der Waals surface area contributed by atoms with E-state index >= 15 is 0 Å². The quantitative estimate of drug-likeness (QED) is 0.528. The van der Waals surface area contributed by atoms with Gasteiger partial charge in [-0.3, -0.25) is 14.9 Å². The smallest absolute Gasteiger partial charge is 0.321 e. The number of likely N-dealkylation sites (N-methyl/N-ethyl adjacent to an activating group) is 1. The van der Waals surface area contributed by atoms with Crippen molar-refractivity contribution in [1.82, 2.24) is 19.8 Å². The number of thiophene rings is 1. The maximum Gasteiger partial charge on any atom is 0.321 e. The first-order valence-corrected chi connectivity index (χ1v) is 14.5. The Morgan fingerprint density at radius 3 is 2.30 bits per heavy atom. The third kappa shape index (κ3) is 5.87. The van der Waals surface area contributed by atoms with Gasteiger partial charge in [-0.05, 0) is 61.6 Å². The Hall–Kier alpha value is -2.80. The van der Waals surface area contributed by atoms with Crippen molar-refractivity contribution in [2.75, 3.05) is 39.0 Å². The van der Waals surface area contributed by atoms with Crippen molar-refractivity contribution < 1.29 is 22.8 Å². The molecular formula is C25H33N5O5S2. The molecular weight excluding hydrogens is 514 g/mol. The first kappa shape index (κ1) is 27.2. The summed E-state index contributed by atoms with van der Waals surface area (Å²) in [6, 6.07) is 5.21. The molecule has 4 amide bonds. The molecule has 37 heavy (non-hydrogen) atoms. The number of hydrogen-bond acceptors (Lipinski definition) is 7. The van der Waals surface area contributed by atoms with Crippen LogP contribution in [0.15, 0.2) is 29.2 Å². The molecule has 0 aliphatic carbocycles. The number of nitrogens with zero attached hydrogens (tertiary/aromatic N) is 2. The lowest BCUT2D eigenvalue weighted by molar-refractivity contribution is 0.0964. The van der Waals surface area contributed by atoms with E-state index in [0.717, 1.165) is 23.4 Å². The highest BCUT2D eigenvalue weighted by molar-refractivity contribution is 7.89. The molecule has 3 N–H and O–H groups in total. The molecule has 2 unspecified atom stereocenters. The number of carbonyl (C=O) groups is 3. The van der Waals surface area contributed by atoms with Crippen LogP contribution in [0.25, 0.3) is 0 Å². The standard InChI is InChI=1S/C25H33N5O5S2/c1-15-11-16(2)13-30(12-15)37(34,35)18-7-5-17(6-8-18)22(31)27-24-21(23(32)28-25(33)26-3)19-9-10-29(4)14-20(19)36-24/h5-8,15-16H,9-14H2,1-4H3,(H,27,31)(H2,26,28,32,33). The van der Waals surface area contributed by atoms with Crippen molar-refractivity contribution in [3.63, 3.8) is 0 Å². The largest absolute Gasteiger partial charge is 0.341 e. The van der Waals surface area contributed by atoms with Crippen LogP contribution in [0.4, 0.5) is 9.80 Å². The highest BCUT2D eigenvalue weighted by Gasteiger charge is 2.32. The molecule has 4 rings (SSSR count). The maximum absolute atomic E-state index is 13.2. The van der Waals surface area contributed by atoms with Crippen molar-refractivity contribution in [2.24, 2.45) is 11.8 Å². The molecule has 0 bridgehead atoms. The number of urea groups is 1. The summed E-state index contributed by atoms with van der Waals surface area (Å²) in [5, 5.41) is 7.82. The Morgan fingerprint density at radius 1 is 1.03 bits per heavy atom. The van der Waals surface area contributed by atoms with Crippen LogP contribution >= 0.6 is 11.3 Å². The van der Waals surface area contributed by atoms with Crippen LogP contribution in [0.3, 0.4) is 0 Å². The van der Waals surface area contributed by atoms with Gasteiger partial charge in [0.15, 0.2) is 0 Å². The first-order valence-electron chi connectivity index (χ1n) is 12.3. The summed E-state index contributed by atoms with van der Waals surface area (Å²) in [4.78, 5) is 41.0. The Balaban J connectivity index is 1.56. The normalized spacial score (nSPS) is 20.6.